The van der Waals surface area contributed by atoms with Gasteiger partial charge in [-0.05, 0) is 11.6 Å². The Morgan fingerprint density at radius 2 is 2.11 bits per heavy atom. The monoisotopic (exact) mass is 262 g/mol. The van der Waals surface area contributed by atoms with Gasteiger partial charge in [0.2, 0.25) is 5.91 Å². The van der Waals surface area contributed by atoms with Crippen LogP contribution in [0.1, 0.15) is 15.9 Å². The predicted molar refractivity (Wildman–Crippen MR) is 65.8 cm³/mol. The number of hydrogen-bond donors (Lipinski definition) is 3. The summed E-state index contributed by atoms with van der Waals surface area (Å²) >= 11 is 0. The number of rotatable bonds is 4. The third-order valence-electron chi connectivity index (χ3n) is 2.48. The lowest BCUT2D eigenvalue weighted by atomic mass is 10.1. The van der Waals surface area contributed by atoms with Crippen LogP contribution in [0.2, 0.25) is 0 Å². The highest BCUT2D eigenvalue weighted by atomic mass is 19.1. The van der Waals surface area contributed by atoms with Gasteiger partial charge in [-0.15, -0.1) is 0 Å². The predicted octanol–water partition coefficient (Wildman–Crippen LogP) is 0.829. The molecule has 0 spiro atoms. The molecule has 2 amide bonds. The Morgan fingerprint density at radius 3 is 2.79 bits per heavy atom. The number of amides is 2. The molecule has 0 atom stereocenters. The molecule has 1 aromatic heterocycles. The molecule has 0 aliphatic carbocycles. The van der Waals surface area contributed by atoms with Crippen molar-refractivity contribution in [3.8, 4) is 0 Å². The highest BCUT2D eigenvalue weighted by Crippen LogP contribution is 2.12. The molecule has 6 nitrogen and oxygen atoms in total. The number of primary amides is 1. The molecule has 0 bridgehead atoms. The van der Waals surface area contributed by atoms with E-state index in [0.29, 0.717) is 0 Å². The summed E-state index contributed by atoms with van der Waals surface area (Å²) in [7, 11) is 0. The molecule has 2 rings (SSSR count). The van der Waals surface area contributed by atoms with Crippen LogP contribution in [0.15, 0.2) is 30.5 Å². The first-order chi connectivity index (χ1) is 9.08. The van der Waals surface area contributed by atoms with Gasteiger partial charge in [0, 0.05) is 0 Å². The second-order valence-corrected chi connectivity index (χ2v) is 3.84. The molecular weight excluding hydrogens is 251 g/mol. The van der Waals surface area contributed by atoms with Crippen LogP contribution in [-0.2, 0) is 11.2 Å². The Balaban J connectivity index is 2.08. The summed E-state index contributed by atoms with van der Waals surface area (Å²) in [5.74, 6) is -1.54. The van der Waals surface area contributed by atoms with Crippen LogP contribution in [0.3, 0.4) is 0 Å². The van der Waals surface area contributed by atoms with Crippen LogP contribution in [0.4, 0.5) is 10.2 Å². The van der Waals surface area contributed by atoms with Crippen molar-refractivity contribution in [1.82, 2.24) is 10.2 Å². The number of nitrogens with one attached hydrogen (secondary N) is 2. The maximum Gasteiger partial charge on any atom is 0.254 e. The first kappa shape index (κ1) is 12.7. The quantitative estimate of drug-likeness (QED) is 0.760. The molecule has 0 unspecified atom stereocenters. The number of carbonyl (C=O) groups is 2. The van der Waals surface area contributed by atoms with Gasteiger partial charge >= 0.3 is 0 Å². The van der Waals surface area contributed by atoms with Crippen molar-refractivity contribution in [2.45, 2.75) is 6.42 Å². The number of carbonyl (C=O) groups excluding carboxylic acids is 2. The average molecular weight is 262 g/mol. The highest BCUT2D eigenvalue weighted by molar-refractivity contribution is 6.02. The van der Waals surface area contributed by atoms with Gasteiger partial charge in [-0.3, -0.25) is 14.7 Å². The Kier molecular flexibility index (Phi) is 3.56. The van der Waals surface area contributed by atoms with Gasteiger partial charge in [0.05, 0.1) is 12.6 Å². The molecule has 0 saturated carbocycles. The number of hydrogen-bond acceptors (Lipinski definition) is 3. The fourth-order valence-corrected chi connectivity index (χ4v) is 1.57. The van der Waals surface area contributed by atoms with Gasteiger partial charge in [0.15, 0.2) is 0 Å². The van der Waals surface area contributed by atoms with E-state index in [1.54, 1.807) is 6.07 Å². The molecule has 19 heavy (non-hydrogen) atoms. The topological polar surface area (TPSA) is 101 Å². The summed E-state index contributed by atoms with van der Waals surface area (Å²) in [6, 6.07) is 5.96. The van der Waals surface area contributed by atoms with Crippen molar-refractivity contribution < 1.29 is 14.0 Å². The van der Waals surface area contributed by atoms with Gasteiger partial charge in [0.25, 0.3) is 5.91 Å². The fraction of sp³-hybridized carbons (Fsp3) is 0.0833. The maximum atomic E-state index is 13.4. The summed E-state index contributed by atoms with van der Waals surface area (Å²) < 4.78 is 13.4. The van der Waals surface area contributed by atoms with E-state index < -0.39 is 17.6 Å². The summed E-state index contributed by atoms with van der Waals surface area (Å²) in [4.78, 5) is 22.8. The number of nitrogens with two attached hydrogens (primary N) is 1. The van der Waals surface area contributed by atoms with Crippen molar-refractivity contribution in [2.75, 3.05) is 5.32 Å². The fourth-order valence-electron chi connectivity index (χ4n) is 1.57. The smallest absolute Gasteiger partial charge is 0.254 e. The lowest BCUT2D eigenvalue weighted by Crippen LogP contribution is -2.19. The van der Waals surface area contributed by atoms with Crippen molar-refractivity contribution in [3.63, 3.8) is 0 Å². The number of nitrogens with zero attached hydrogens (tertiary/aromatic N) is 1. The van der Waals surface area contributed by atoms with Crippen LogP contribution in [0.25, 0.3) is 0 Å². The lowest BCUT2D eigenvalue weighted by molar-refractivity contribution is -0.115. The minimum atomic E-state index is -0.713. The molecule has 0 aliphatic heterocycles. The van der Waals surface area contributed by atoms with Crippen molar-refractivity contribution in [2.24, 2.45) is 5.73 Å². The molecule has 98 valence electrons. The van der Waals surface area contributed by atoms with Gasteiger partial charge < -0.3 is 11.1 Å². The number of anilines is 1. The van der Waals surface area contributed by atoms with Crippen molar-refractivity contribution in [1.29, 1.82) is 0 Å². The normalized spacial score (nSPS) is 10.2. The Labute approximate surface area is 107 Å². The molecule has 1 heterocycles. The second-order valence-electron chi connectivity index (χ2n) is 3.84. The first-order valence-electron chi connectivity index (χ1n) is 5.44. The van der Waals surface area contributed by atoms with E-state index >= 15 is 0 Å². The van der Waals surface area contributed by atoms with Crippen LogP contribution in [0.5, 0.6) is 0 Å². The first-order valence-corrected chi connectivity index (χ1v) is 5.44. The SMILES string of the molecule is NC(=O)c1cn[nH]c1NC(=O)Cc1ccccc1F. The van der Waals surface area contributed by atoms with Gasteiger partial charge in [-0.1, -0.05) is 18.2 Å². The van der Waals surface area contributed by atoms with Crippen molar-refractivity contribution >= 4 is 17.6 Å². The maximum absolute atomic E-state index is 13.4. The van der Waals surface area contributed by atoms with E-state index in [2.05, 4.69) is 15.5 Å². The van der Waals surface area contributed by atoms with E-state index in [1.165, 1.54) is 24.4 Å². The van der Waals surface area contributed by atoms with E-state index in [4.69, 9.17) is 5.73 Å². The molecule has 0 fully saturated rings. The molecule has 0 saturated heterocycles. The molecular formula is C12H11FN4O2. The summed E-state index contributed by atoms with van der Waals surface area (Å²) in [6.45, 7) is 0. The van der Waals surface area contributed by atoms with Crippen LogP contribution in [0, 0.1) is 5.82 Å². The standard InChI is InChI=1S/C12H11FN4O2/c13-9-4-2-1-3-7(9)5-10(18)16-12-8(11(14)19)6-15-17-12/h1-4,6H,5H2,(H2,14,19)(H2,15,16,17,18). The van der Waals surface area contributed by atoms with E-state index in [0.717, 1.165) is 0 Å². The molecule has 1 aromatic carbocycles. The van der Waals surface area contributed by atoms with Crippen LogP contribution >= 0.6 is 0 Å². The molecule has 0 radical (unpaired) electrons. The third kappa shape index (κ3) is 2.95. The summed E-state index contributed by atoms with van der Waals surface area (Å²) in [5, 5.41) is 8.47. The van der Waals surface area contributed by atoms with E-state index in [9.17, 15) is 14.0 Å². The zero-order chi connectivity index (χ0) is 13.8. The molecule has 7 heteroatoms. The number of halogens is 1. The Hall–Kier alpha value is -2.70. The summed E-state index contributed by atoms with van der Waals surface area (Å²) in [5.41, 5.74) is 5.44. The zero-order valence-electron chi connectivity index (χ0n) is 9.81. The second kappa shape index (κ2) is 5.30. The van der Waals surface area contributed by atoms with Gasteiger partial charge in [-0.25, -0.2) is 4.39 Å². The van der Waals surface area contributed by atoms with E-state index in [1.807, 2.05) is 0 Å². The number of benzene rings is 1. The number of aromatic amines is 1. The Morgan fingerprint density at radius 1 is 1.37 bits per heavy atom. The largest absolute Gasteiger partial charge is 0.365 e. The highest BCUT2D eigenvalue weighted by Gasteiger charge is 2.14. The van der Waals surface area contributed by atoms with Gasteiger partial charge in [0.1, 0.15) is 17.2 Å². The minimum absolute atomic E-state index is 0.0712. The van der Waals surface area contributed by atoms with Crippen molar-refractivity contribution in [3.05, 3.63) is 47.4 Å². The average Bonchev–Trinajstić information content (AvgIpc) is 2.80. The summed E-state index contributed by atoms with van der Waals surface area (Å²) in [6.07, 6.45) is 1.06. The number of aromatic nitrogens is 2. The van der Waals surface area contributed by atoms with Crippen LogP contribution < -0.4 is 11.1 Å². The minimum Gasteiger partial charge on any atom is -0.365 e. The number of H-pyrrole nitrogens is 1. The van der Waals surface area contributed by atoms with Gasteiger partial charge in [-0.2, -0.15) is 5.10 Å². The zero-order valence-corrected chi connectivity index (χ0v) is 9.81. The lowest BCUT2D eigenvalue weighted by Gasteiger charge is -2.05. The third-order valence-corrected chi connectivity index (χ3v) is 2.48. The molecule has 0 aliphatic rings. The van der Waals surface area contributed by atoms with Crippen LogP contribution in [-0.4, -0.2) is 22.0 Å². The Bertz CT molecular complexity index is 624. The molecule has 4 N–H and O–H groups in total. The molecule has 2 aromatic rings. The van der Waals surface area contributed by atoms with E-state index in [-0.39, 0.29) is 23.4 Å².